The first kappa shape index (κ1) is 11.0. The van der Waals surface area contributed by atoms with Crippen molar-refractivity contribution < 1.29 is 13.6 Å². The lowest BCUT2D eigenvalue weighted by molar-refractivity contribution is 0.272. The summed E-state index contributed by atoms with van der Waals surface area (Å²) in [5.74, 6) is 0. The quantitative estimate of drug-likeness (QED) is 0.556. The van der Waals surface area contributed by atoms with Crippen LogP contribution in [0.3, 0.4) is 0 Å². The van der Waals surface area contributed by atoms with E-state index in [4.69, 9.17) is 9.05 Å². The van der Waals surface area contributed by atoms with Gasteiger partial charge in [-0.1, -0.05) is 24.8 Å². The average molecular weight is 212 g/mol. The van der Waals surface area contributed by atoms with Crippen LogP contribution in [0, 0.1) is 0 Å². The van der Waals surface area contributed by atoms with Gasteiger partial charge in [0.1, 0.15) is 0 Å². The Morgan fingerprint density at radius 1 is 1.43 bits per heavy atom. The van der Waals surface area contributed by atoms with Crippen LogP contribution >= 0.6 is 7.60 Å². The summed E-state index contributed by atoms with van der Waals surface area (Å²) in [6.45, 7) is 5.48. The highest BCUT2D eigenvalue weighted by Gasteiger charge is 2.26. The Labute approximate surface area is 83.9 Å². The molecule has 1 atom stereocenters. The standard InChI is InChI=1S/C10H13O3P/c1-3-12-14(11,13-4-2)10-8-6-5-7-9-10/h3,5-9H,1,4H2,2H3. The zero-order valence-electron chi connectivity index (χ0n) is 8.05. The van der Waals surface area contributed by atoms with E-state index in [9.17, 15) is 4.57 Å². The highest BCUT2D eigenvalue weighted by molar-refractivity contribution is 7.62. The minimum absolute atomic E-state index is 0.333. The van der Waals surface area contributed by atoms with Crippen LogP contribution in [-0.4, -0.2) is 6.61 Å². The van der Waals surface area contributed by atoms with Crippen LogP contribution in [0.2, 0.25) is 0 Å². The van der Waals surface area contributed by atoms with Gasteiger partial charge < -0.3 is 4.52 Å². The summed E-state index contributed by atoms with van der Waals surface area (Å²) in [4.78, 5) is 0. The van der Waals surface area contributed by atoms with Gasteiger partial charge in [0.25, 0.3) is 0 Å². The Bertz CT molecular complexity index is 334. The smallest absolute Gasteiger partial charge is 0.410 e. The fourth-order valence-electron chi connectivity index (χ4n) is 1.04. The molecular formula is C10H13O3P. The molecule has 0 N–H and O–H groups in total. The minimum Gasteiger partial charge on any atom is -0.430 e. The largest absolute Gasteiger partial charge is 0.430 e. The molecule has 76 valence electrons. The van der Waals surface area contributed by atoms with E-state index < -0.39 is 7.60 Å². The van der Waals surface area contributed by atoms with Gasteiger partial charge in [-0.2, -0.15) is 0 Å². The molecule has 1 unspecified atom stereocenters. The van der Waals surface area contributed by atoms with Crippen LogP contribution in [0.1, 0.15) is 6.92 Å². The number of rotatable bonds is 5. The van der Waals surface area contributed by atoms with Crippen molar-refractivity contribution in [2.45, 2.75) is 6.92 Å². The third-order valence-electron chi connectivity index (χ3n) is 1.58. The topological polar surface area (TPSA) is 35.5 Å². The molecule has 0 aliphatic heterocycles. The monoisotopic (exact) mass is 212 g/mol. The van der Waals surface area contributed by atoms with Crippen molar-refractivity contribution in [2.24, 2.45) is 0 Å². The number of benzene rings is 1. The first-order chi connectivity index (χ1) is 6.73. The molecule has 0 saturated carbocycles. The van der Waals surface area contributed by atoms with E-state index in [2.05, 4.69) is 6.58 Å². The molecule has 0 fully saturated rings. The Kier molecular flexibility index (Phi) is 3.93. The number of hydrogen-bond donors (Lipinski definition) is 0. The zero-order valence-corrected chi connectivity index (χ0v) is 8.94. The van der Waals surface area contributed by atoms with Crippen molar-refractivity contribution in [1.29, 1.82) is 0 Å². The van der Waals surface area contributed by atoms with Crippen LogP contribution in [0.4, 0.5) is 0 Å². The molecule has 0 saturated heterocycles. The summed E-state index contributed by atoms with van der Waals surface area (Å²) >= 11 is 0. The normalized spacial score (nSPS) is 14.4. The van der Waals surface area contributed by atoms with E-state index >= 15 is 0 Å². The number of hydrogen-bond acceptors (Lipinski definition) is 3. The molecule has 1 aromatic rings. The lowest BCUT2D eigenvalue weighted by Gasteiger charge is -2.15. The van der Waals surface area contributed by atoms with Crippen molar-refractivity contribution in [3.8, 4) is 0 Å². The van der Waals surface area contributed by atoms with Gasteiger partial charge in [0.15, 0.2) is 0 Å². The van der Waals surface area contributed by atoms with E-state index in [0.717, 1.165) is 6.26 Å². The fraction of sp³-hybridized carbons (Fsp3) is 0.200. The lowest BCUT2D eigenvalue weighted by atomic mass is 10.4. The summed E-state index contributed by atoms with van der Waals surface area (Å²) in [6.07, 6.45) is 1.14. The second-order valence-corrected chi connectivity index (χ2v) is 4.50. The summed E-state index contributed by atoms with van der Waals surface area (Å²) in [6, 6.07) is 8.83. The molecule has 4 heteroatoms. The summed E-state index contributed by atoms with van der Waals surface area (Å²) in [5.41, 5.74) is 0. The molecule has 0 aromatic heterocycles. The van der Waals surface area contributed by atoms with E-state index in [0.29, 0.717) is 11.9 Å². The molecule has 0 aliphatic rings. The van der Waals surface area contributed by atoms with Crippen LogP contribution in [0.15, 0.2) is 43.2 Å². The Hall–Kier alpha value is -1.05. The van der Waals surface area contributed by atoms with Crippen LogP contribution < -0.4 is 5.30 Å². The molecule has 0 bridgehead atoms. The Morgan fingerprint density at radius 3 is 2.57 bits per heavy atom. The van der Waals surface area contributed by atoms with Gasteiger partial charge in [0, 0.05) is 0 Å². The van der Waals surface area contributed by atoms with Gasteiger partial charge in [-0.15, -0.1) is 0 Å². The van der Waals surface area contributed by atoms with Gasteiger partial charge in [0.2, 0.25) is 0 Å². The highest BCUT2D eigenvalue weighted by atomic mass is 31.2. The van der Waals surface area contributed by atoms with Gasteiger partial charge in [-0.05, 0) is 19.1 Å². The molecule has 1 aromatic carbocycles. The second-order valence-electron chi connectivity index (χ2n) is 2.52. The lowest BCUT2D eigenvalue weighted by Crippen LogP contribution is -2.07. The van der Waals surface area contributed by atoms with Crippen LogP contribution in [0.5, 0.6) is 0 Å². The van der Waals surface area contributed by atoms with E-state index in [1.807, 2.05) is 6.07 Å². The van der Waals surface area contributed by atoms with Gasteiger partial charge in [-0.3, -0.25) is 4.52 Å². The van der Waals surface area contributed by atoms with Gasteiger partial charge in [0.05, 0.1) is 18.2 Å². The molecule has 0 aliphatic carbocycles. The maximum absolute atomic E-state index is 12.1. The van der Waals surface area contributed by atoms with Crippen molar-refractivity contribution in [3.05, 3.63) is 43.2 Å². The molecule has 3 nitrogen and oxygen atoms in total. The van der Waals surface area contributed by atoms with E-state index in [1.54, 1.807) is 31.2 Å². The summed E-state index contributed by atoms with van der Waals surface area (Å²) in [7, 11) is -3.19. The fourth-order valence-corrected chi connectivity index (χ4v) is 2.45. The van der Waals surface area contributed by atoms with Gasteiger partial charge in [-0.25, -0.2) is 4.57 Å². The summed E-state index contributed by atoms with van der Waals surface area (Å²) in [5, 5.41) is 0.543. The molecule has 0 amide bonds. The molecule has 0 heterocycles. The third kappa shape index (κ3) is 2.47. The molecule has 14 heavy (non-hydrogen) atoms. The molecule has 0 spiro atoms. The van der Waals surface area contributed by atoms with Crippen molar-refractivity contribution in [1.82, 2.24) is 0 Å². The summed E-state index contributed by atoms with van der Waals surface area (Å²) < 4.78 is 22.2. The third-order valence-corrected chi connectivity index (χ3v) is 3.54. The second kappa shape index (κ2) is 4.99. The zero-order chi connectivity index (χ0) is 10.4. The maximum atomic E-state index is 12.1. The first-order valence-corrected chi connectivity index (χ1v) is 5.86. The average Bonchev–Trinajstić information content (AvgIpc) is 2.20. The van der Waals surface area contributed by atoms with E-state index in [-0.39, 0.29) is 0 Å². The molecule has 0 radical (unpaired) electrons. The van der Waals surface area contributed by atoms with Crippen LogP contribution in [-0.2, 0) is 13.6 Å². The first-order valence-electron chi connectivity index (χ1n) is 4.32. The minimum atomic E-state index is -3.19. The Balaban J connectivity index is 2.99. The van der Waals surface area contributed by atoms with Crippen molar-refractivity contribution >= 4 is 12.9 Å². The highest BCUT2D eigenvalue weighted by Crippen LogP contribution is 2.46. The molecular weight excluding hydrogens is 199 g/mol. The predicted octanol–water partition coefficient (Wildman–Crippen LogP) is 2.70. The SMILES string of the molecule is C=COP(=O)(OCC)c1ccccc1. The Morgan fingerprint density at radius 2 is 2.07 bits per heavy atom. The molecule has 1 rings (SSSR count). The van der Waals surface area contributed by atoms with Gasteiger partial charge >= 0.3 is 7.60 Å². The maximum Gasteiger partial charge on any atom is 0.410 e. The van der Waals surface area contributed by atoms with Crippen molar-refractivity contribution in [3.63, 3.8) is 0 Å². The van der Waals surface area contributed by atoms with E-state index in [1.165, 1.54) is 0 Å². The predicted molar refractivity (Wildman–Crippen MR) is 56.6 cm³/mol. The van der Waals surface area contributed by atoms with Crippen molar-refractivity contribution in [2.75, 3.05) is 6.61 Å². The van der Waals surface area contributed by atoms with Crippen LogP contribution in [0.25, 0.3) is 0 Å².